The Morgan fingerprint density at radius 3 is 2.42 bits per heavy atom. The molecule has 26 heavy (non-hydrogen) atoms. The minimum absolute atomic E-state index is 0.0934. The van der Waals surface area contributed by atoms with Crippen LogP contribution in [0, 0.1) is 11.3 Å². The second kappa shape index (κ2) is 8.71. The molecule has 2 fully saturated rings. The number of rotatable bonds is 7. The van der Waals surface area contributed by atoms with Crippen LogP contribution < -0.4 is 0 Å². The Hall–Kier alpha value is -1.12. The van der Waals surface area contributed by atoms with Crippen molar-refractivity contribution in [3.63, 3.8) is 0 Å². The molecule has 0 bridgehead atoms. The van der Waals surface area contributed by atoms with E-state index in [0.29, 0.717) is 5.92 Å². The monoisotopic (exact) mass is 358 g/mol. The molecule has 0 aliphatic carbocycles. The molecule has 2 aliphatic rings. The fourth-order valence-electron chi connectivity index (χ4n) is 4.11. The van der Waals surface area contributed by atoms with Gasteiger partial charge in [-0.3, -0.25) is 0 Å². The average Bonchev–Trinajstić information content (AvgIpc) is 2.92. The van der Waals surface area contributed by atoms with Crippen LogP contribution in [0.25, 0.3) is 0 Å². The maximum absolute atomic E-state index is 6.44. The van der Waals surface area contributed by atoms with E-state index in [-0.39, 0.29) is 29.8 Å². The molecular formula is C24H38O2. The molecule has 0 spiro atoms. The van der Waals surface area contributed by atoms with Crippen LogP contribution in [0.5, 0.6) is 0 Å². The standard InChI is InChI=1S/C24H38O2/c1-9-16(2)10-11-20-15-18(4)22(25-20)13-12-21-14-17(3)19(5)23(26-21)24(6,7)8/h9,17,20-23H,1-2,4-5,10-15H2,3,6-8H3/t17-,20+,21+,22?,23+/m1/s1. The van der Waals surface area contributed by atoms with Gasteiger partial charge in [-0.15, -0.1) is 0 Å². The van der Waals surface area contributed by atoms with E-state index in [1.165, 1.54) is 11.1 Å². The van der Waals surface area contributed by atoms with Crippen molar-refractivity contribution in [1.82, 2.24) is 0 Å². The van der Waals surface area contributed by atoms with Crippen molar-refractivity contribution in [2.45, 2.75) is 90.6 Å². The largest absolute Gasteiger partial charge is 0.370 e. The topological polar surface area (TPSA) is 18.5 Å². The summed E-state index contributed by atoms with van der Waals surface area (Å²) < 4.78 is 12.7. The summed E-state index contributed by atoms with van der Waals surface area (Å²) in [6.07, 6.45) is 8.73. The SMILES string of the molecule is C=CC(=C)CC[C@H]1CC(=C)C(CC[C@H]2C[C@@H](C)C(=C)[C@@H](C(C)(C)C)O2)O1. The lowest BCUT2D eigenvalue weighted by Gasteiger charge is -2.42. The van der Waals surface area contributed by atoms with Crippen LogP contribution in [0.3, 0.4) is 0 Å². The summed E-state index contributed by atoms with van der Waals surface area (Å²) >= 11 is 0. The zero-order chi connectivity index (χ0) is 19.5. The Balaban J connectivity index is 1.84. The first-order chi connectivity index (χ1) is 12.1. The van der Waals surface area contributed by atoms with Crippen LogP contribution in [0.1, 0.15) is 66.2 Å². The number of ether oxygens (including phenoxy) is 2. The summed E-state index contributed by atoms with van der Waals surface area (Å²) in [5.41, 5.74) is 3.66. The molecular weight excluding hydrogens is 320 g/mol. The summed E-state index contributed by atoms with van der Waals surface area (Å²) in [6, 6.07) is 0. The minimum Gasteiger partial charge on any atom is -0.370 e. The van der Waals surface area contributed by atoms with Gasteiger partial charge in [0.25, 0.3) is 0 Å². The first kappa shape index (κ1) is 21.2. The van der Waals surface area contributed by atoms with Gasteiger partial charge >= 0.3 is 0 Å². The van der Waals surface area contributed by atoms with E-state index < -0.39 is 0 Å². The Kier molecular flexibility index (Phi) is 7.10. The molecule has 2 heteroatoms. The maximum atomic E-state index is 6.44. The summed E-state index contributed by atoms with van der Waals surface area (Å²) in [5.74, 6) is 0.517. The summed E-state index contributed by atoms with van der Waals surface area (Å²) in [4.78, 5) is 0. The average molecular weight is 359 g/mol. The van der Waals surface area contributed by atoms with Crippen molar-refractivity contribution >= 4 is 0 Å². The lowest BCUT2D eigenvalue weighted by molar-refractivity contribution is -0.0858. The maximum Gasteiger partial charge on any atom is 0.0836 e. The summed E-state index contributed by atoms with van der Waals surface area (Å²) in [6.45, 7) is 25.3. The Morgan fingerprint density at radius 2 is 1.81 bits per heavy atom. The first-order valence-corrected chi connectivity index (χ1v) is 10.1. The normalized spacial score (nSPS) is 32.7. The first-order valence-electron chi connectivity index (χ1n) is 10.1. The van der Waals surface area contributed by atoms with E-state index in [0.717, 1.165) is 44.1 Å². The molecule has 5 atom stereocenters. The molecule has 0 saturated carbocycles. The lowest BCUT2D eigenvalue weighted by Crippen LogP contribution is -2.41. The van der Waals surface area contributed by atoms with Crippen molar-refractivity contribution < 1.29 is 9.47 Å². The molecule has 0 aromatic carbocycles. The molecule has 0 N–H and O–H groups in total. The zero-order valence-corrected chi connectivity index (χ0v) is 17.4. The van der Waals surface area contributed by atoms with Crippen molar-refractivity contribution in [1.29, 1.82) is 0 Å². The molecule has 2 nitrogen and oxygen atoms in total. The highest BCUT2D eigenvalue weighted by molar-refractivity contribution is 5.15. The Labute approximate surface area is 161 Å². The van der Waals surface area contributed by atoms with E-state index in [2.05, 4.69) is 54.0 Å². The molecule has 2 aliphatic heterocycles. The van der Waals surface area contributed by atoms with Gasteiger partial charge in [0.05, 0.1) is 24.4 Å². The van der Waals surface area contributed by atoms with Gasteiger partial charge in [0, 0.05) is 0 Å². The summed E-state index contributed by atoms with van der Waals surface area (Å²) in [5, 5.41) is 0. The predicted octanol–water partition coefficient (Wildman–Crippen LogP) is 6.40. The van der Waals surface area contributed by atoms with Crippen molar-refractivity contribution in [2.75, 3.05) is 0 Å². The van der Waals surface area contributed by atoms with Gasteiger partial charge in [-0.1, -0.05) is 65.7 Å². The highest BCUT2D eigenvalue weighted by Gasteiger charge is 2.38. The van der Waals surface area contributed by atoms with Crippen LogP contribution >= 0.6 is 0 Å². The van der Waals surface area contributed by atoms with Gasteiger partial charge in [-0.2, -0.15) is 0 Å². The highest BCUT2D eigenvalue weighted by atomic mass is 16.5. The van der Waals surface area contributed by atoms with E-state index in [4.69, 9.17) is 9.47 Å². The van der Waals surface area contributed by atoms with Gasteiger partial charge in [-0.05, 0) is 61.0 Å². The fourth-order valence-corrected chi connectivity index (χ4v) is 4.11. The quantitative estimate of drug-likeness (QED) is 0.387. The molecule has 0 amide bonds. The molecule has 1 unspecified atom stereocenters. The van der Waals surface area contributed by atoms with Crippen LogP contribution in [0.4, 0.5) is 0 Å². The van der Waals surface area contributed by atoms with Crippen LogP contribution in [-0.2, 0) is 9.47 Å². The molecule has 0 radical (unpaired) electrons. The van der Waals surface area contributed by atoms with Gasteiger partial charge in [0.15, 0.2) is 0 Å². The fraction of sp³-hybridized carbons (Fsp3) is 0.667. The molecule has 146 valence electrons. The van der Waals surface area contributed by atoms with Gasteiger partial charge in [0.1, 0.15) is 0 Å². The second-order valence-electron chi connectivity index (χ2n) is 9.30. The second-order valence-corrected chi connectivity index (χ2v) is 9.30. The van der Waals surface area contributed by atoms with Crippen LogP contribution in [0.15, 0.2) is 49.1 Å². The molecule has 2 saturated heterocycles. The smallest absolute Gasteiger partial charge is 0.0836 e. The third-order valence-corrected chi connectivity index (χ3v) is 5.83. The third kappa shape index (κ3) is 5.44. The van der Waals surface area contributed by atoms with E-state index in [1.54, 1.807) is 0 Å². The number of hydrogen-bond acceptors (Lipinski definition) is 2. The Morgan fingerprint density at radius 1 is 1.12 bits per heavy atom. The third-order valence-electron chi connectivity index (χ3n) is 5.83. The number of hydrogen-bond donors (Lipinski definition) is 0. The van der Waals surface area contributed by atoms with Gasteiger partial charge < -0.3 is 9.47 Å². The lowest BCUT2D eigenvalue weighted by atomic mass is 9.76. The molecule has 0 aromatic heterocycles. The van der Waals surface area contributed by atoms with E-state index in [9.17, 15) is 0 Å². The molecule has 2 rings (SSSR count). The van der Waals surface area contributed by atoms with Crippen molar-refractivity contribution in [3.8, 4) is 0 Å². The minimum atomic E-state index is 0.0934. The number of allylic oxidation sites excluding steroid dienone is 2. The van der Waals surface area contributed by atoms with Gasteiger partial charge in [0.2, 0.25) is 0 Å². The van der Waals surface area contributed by atoms with Crippen LogP contribution in [-0.4, -0.2) is 24.4 Å². The zero-order valence-electron chi connectivity index (χ0n) is 17.4. The van der Waals surface area contributed by atoms with Crippen LogP contribution in [0.2, 0.25) is 0 Å². The van der Waals surface area contributed by atoms with Crippen molar-refractivity contribution in [3.05, 3.63) is 49.1 Å². The van der Waals surface area contributed by atoms with E-state index in [1.807, 2.05) is 6.08 Å². The van der Waals surface area contributed by atoms with Gasteiger partial charge in [-0.25, -0.2) is 0 Å². The molecule has 0 aromatic rings. The predicted molar refractivity (Wildman–Crippen MR) is 111 cm³/mol. The highest BCUT2D eigenvalue weighted by Crippen LogP contribution is 2.40. The Bertz CT molecular complexity index is 551. The molecule has 2 heterocycles. The van der Waals surface area contributed by atoms with Crippen molar-refractivity contribution in [2.24, 2.45) is 11.3 Å². The van der Waals surface area contributed by atoms with E-state index >= 15 is 0 Å². The summed E-state index contributed by atoms with van der Waals surface area (Å²) in [7, 11) is 0.